The topological polar surface area (TPSA) is 88.9 Å². The minimum Gasteiger partial charge on any atom is -0.494 e. The molecule has 184 valence electrons. The number of ether oxygens (including phenoxy) is 1. The largest absolute Gasteiger partial charge is 0.494 e. The fraction of sp³-hybridized carbons (Fsp3) is 0.407. The monoisotopic (exact) mass is 474 g/mol. The molecule has 0 bridgehead atoms. The maximum absolute atomic E-state index is 13.5. The third kappa shape index (κ3) is 5.12. The third-order valence-electron chi connectivity index (χ3n) is 6.63. The minimum absolute atomic E-state index is 0.151. The highest BCUT2D eigenvalue weighted by molar-refractivity contribution is 5.80. The summed E-state index contributed by atoms with van der Waals surface area (Å²) in [6.45, 7) is 12.3. The van der Waals surface area contributed by atoms with E-state index in [2.05, 4.69) is 65.2 Å². The molecule has 0 saturated heterocycles. The molecule has 1 atom stereocenters. The number of rotatable bonds is 10. The first-order valence-corrected chi connectivity index (χ1v) is 12.2. The SMILES string of the molecule is CCOc1ccc2[nH]c(=O)c(C(c3nnnn3C(C)(C)CC)N(CC)Cc3ccccc3)cc2c1. The van der Waals surface area contributed by atoms with Gasteiger partial charge in [-0.25, -0.2) is 4.68 Å². The summed E-state index contributed by atoms with van der Waals surface area (Å²) < 4.78 is 7.57. The van der Waals surface area contributed by atoms with E-state index in [1.807, 2.05) is 54.1 Å². The van der Waals surface area contributed by atoms with Gasteiger partial charge in [0.25, 0.3) is 5.56 Å². The molecule has 0 radical (unpaired) electrons. The summed E-state index contributed by atoms with van der Waals surface area (Å²) >= 11 is 0. The zero-order valence-electron chi connectivity index (χ0n) is 21.2. The molecule has 4 rings (SSSR count). The van der Waals surface area contributed by atoms with Crippen molar-refractivity contribution in [2.24, 2.45) is 0 Å². The van der Waals surface area contributed by atoms with Crippen LogP contribution in [0.4, 0.5) is 0 Å². The number of benzene rings is 2. The van der Waals surface area contributed by atoms with Crippen molar-refractivity contribution < 1.29 is 4.74 Å². The zero-order chi connectivity index (χ0) is 25.0. The normalized spacial score (nSPS) is 12.9. The Hall–Kier alpha value is -3.52. The number of tetrazole rings is 1. The number of hydrogen-bond donors (Lipinski definition) is 1. The molecule has 8 nitrogen and oxygen atoms in total. The van der Waals surface area contributed by atoms with Crippen LogP contribution in [0.5, 0.6) is 5.75 Å². The van der Waals surface area contributed by atoms with Crippen LogP contribution in [0.2, 0.25) is 0 Å². The summed E-state index contributed by atoms with van der Waals surface area (Å²) in [7, 11) is 0. The number of nitrogens with one attached hydrogen (secondary N) is 1. The van der Waals surface area contributed by atoms with Crippen LogP contribution >= 0.6 is 0 Å². The average molecular weight is 475 g/mol. The van der Waals surface area contributed by atoms with Gasteiger partial charge in [-0.2, -0.15) is 0 Å². The Labute approximate surface area is 205 Å². The summed E-state index contributed by atoms with van der Waals surface area (Å²) in [5.41, 5.74) is 2.06. The van der Waals surface area contributed by atoms with Crippen molar-refractivity contribution in [3.8, 4) is 5.75 Å². The van der Waals surface area contributed by atoms with E-state index < -0.39 is 6.04 Å². The van der Waals surface area contributed by atoms with Crippen molar-refractivity contribution in [1.82, 2.24) is 30.1 Å². The van der Waals surface area contributed by atoms with Crippen LogP contribution in [0.1, 0.15) is 64.0 Å². The second-order valence-corrected chi connectivity index (χ2v) is 9.30. The summed E-state index contributed by atoms with van der Waals surface area (Å²) in [6, 6.07) is 17.5. The van der Waals surface area contributed by atoms with Crippen LogP contribution in [0, 0.1) is 0 Å². The van der Waals surface area contributed by atoms with Crippen LogP contribution < -0.4 is 10.3 Å². The lowest BCUT2D eigenvalue weighted by Crippen LogP contribution is -2.38. The lowest BCUT2D eigenvalue weighted by Gasteiger charge is -2.33. The van der Waals surface area contributed by atoms with Gasteiger partial charge in [0.1, 0.15) is 11.8 Å². The molecular weight excluding hydrogens is 440 g/mol. The second-order valence-electron chi connectivity index (χ2n) is 9.30. The number of nitrogens with zero attached hydrogens (tertiary/aromatic N) is 5. The van der Waals surface area contributed by atoms with Gasteiger partial charge in [0.15, 0.2) is 5.82 Å². The van der Waals surface area contributed by atoms with Crippen LogP contribution in [-0.2, 0) is 12.1 Å². The molecule has 0 aliphatic rings. The Kier molecular flexibility index (Phi) is 7.31. The Morgan fingerprint density at radius 3 is 2.54 bits per heavy atom. The number of aromatic nitrogens is 5. The van der Waals surface area contributed by atoms with Crippen molar-refractivity contribution in [1.29, 1.82) is 0 Å². The van der Waals surface area contributed by atoms with Crippen molar-refractivity contribution in [3.05, 3.63) is 81.9 Å². The van der Waals surface area contributed by atoms with E-state index in [0.29, 0.717) is 31.1 Å². The zero-order valence-corrected chi connectivity index (χ0v) is 21.2. The second kappa shape index (κ2) is 10.4. The number of fused-ring (bicyclic) bond motifs is 1. The van der Waals surface area contributed by atoms with E-state index in [1.165, 1.54) is 0 Å². The predicted molar refractivity (Wildman–Crippen MR) is 138 cm³/mol. The standard InChI is InChI=1S/C27H34N6O2/c1-6-27(4,5)33-25(29-30-31-33)24(32(7-2)18-19-12-10-9-11-13-19)22-17-20-16-21(35-8-3)14-15-23(20)28-26(22)34/h9-17,24H,6-8,18H2,1-5H3,(H,28,34). The Bertz CT molecular complexity index is 1330. The van der Waals surface area contributed by atoms with E-state index in [9.17, 15) is 4.79 Å². The number of hydrogen-bond acceptors (Lipinski definition) is 6. The van der Waals surface area contributed by atoms with Crippen LogP contribution in [0.25, 0.3) is 10.9 Å². The van der Waals surface area contributed by atoms with E-state index in [4.69, 9.17) is 4.74 Å². The van der Waals surface area contributed by atoms with Gasteiger partial charge in [0, 0.05) is 23.0 Å². The van der Waals surface area contributed by atoms with Crippen LogP contribution in [-0.4, -0.2) is 43.2 Å². The van der Waals surface area contributed by atoms with Crippen molar-refractivity contribution in [2.75, 3.05) is 13.2 Å². The first-order valence-electron chi connectivity index (χ1n) is 12.2. The molecule has 4 aromatic rings. The van der Waals surface area contributed by atoms with Crippen molar-refractivity contribution in [3.63, 3.8) is 0 Å². The number of H-pyrrole nitrogens is 1. The smallest absolute Gasteiger partial charge is 0.253 e. The quantitative estimate of drug-likeness (QED) is 0.359. The van der Waals surface area contributed by atoms with E-state index in [1.54, 1.807) is 0 Å². The van der Waals surface area contributed by atoms with Gasteiger partial charge < -0.3 is 9.72 Å². The average Bonchev–Trinajstić information content (AvgIpc) is 3.35. The molecule has 2 aromatic carbocycles. The molecule has 35 heavy (non-hydrogen) atoms. The van der Waals surface area contributed by atoms with E-state index >= 15 is 0 Å². The first kappa shape index (κ1) is 24.6. The summed E-state index contributed by atoms with van der Waals surface area (Å²) in [6.07, 6.45) is 0.842. The highest BCUT2D eigenvalue weighted by Gasteiger charge is 2.33. The lowest BCUT2D eigenvalue weighted by atomic mass is 9.99. The van der Waals surface area contributed by atoms with Crippen LogP contribution in [0.15, 0.2) is 59.4 Å². The number of pyridine rings is 1. The Balaban J connectivity index is 1.91. The molecule has 2 heterocycles. The van der Waals surface area contributed by atoms with E-state index in [-0.39, 0.29) is 11.1 Å². The fourth-order valence-electron chi connectivity index (χ4n) is 4.31. The van der Waals surface area contributed by atoms with Gasteiger partial charge in [-0.15, -0.1) is 5.10 Å². The van der Waals surface area contributed by atoms with Gasteiger partial charge in [0.05, 0.1) is 12.1 Å². The molecular formula is C27H34N6O2. The molecule has 1 N–H and O–H groups in total. The van der Waals surface area contributed by atoms with Crippen LogP contribution in [0.3, 0.4) is 0 Å². The molecule has 0 aliphatic heterocycles. The highest BCUT2D eigenvalue weighted by Crippen LogP contribution is 2.32. The molecule has 1 unspecified atom stereocenters. The summed E-state index contributed by atoms with van der Waals surface area (Å²) in [5.74, 6) is 1.42. The molecule has 0 aliphatic carbocycles. The molecule has 0 spiro atoms. The first-order chi connectivity index (χ1) is 16.9. The van der Waals surface area contributed by atoms with Gasteiger partial charge in [-0.05, 0) is 74.0 Å². The minimum atomic E-state index is -0.440. The predicted octanol–water partition coefficient (Wildman–Crippen LogP) is 4.67. The maximum Gasteiger partial charge on any atom is 0.253 e. The van der Waals surface area contributed by atoms with E-state index in [0.717, 1.165) is 28.6 Å². The highest BCUT2D eigenvalue weighted by atomic mass is 16.5. The fourth-order valence-corrected chi connectivity index (χ4v) is 4.31. The van der Waals surface area contributed by atoms with Gasteiger partial charge in [0.2, 0.25) is 0 Å². The van der Waals surface area contributed by atoms with Gasteiger partial charge >= 0.3 is 0 Å². The molecule has 0 fully saturated rings. The summed E-state index contributed by atoms with van der Waals surface area (Å²) in [4.78, 5) is 18.8. The van der Waals surface area contributed by atoms with Crippen molar-refractivity contribution in [2.45, 2.75) is 59.2 Å². The Morgan fingerprint density at radius 1 is 1.09 bits per heavy atom. The lowest BCUT2D eigenvalue weighted by molar-refractivity contribution is 0.197. The summed E-state index contributed by atoms with van der Waals surface area (Å²) in [5, 5.41) is 13.8. The molecule has 8 heteroatoms. The molecule has 0 saturated carbocycles. The third-order valence-corrected chi connectivity index (χ3v) is 6.63. The Morgan fingerprint density at radius 2 is 1.86 bits per heavy atom. The molecule has 0 amide bonds. The van der Waals surface area contributed by atoms with Crippen molar-refractivity contribution >= 4 is 10.9 Å². The molecule has 2 aromatic heterocycles. The maximum atomic E-state index is 13.5. The van der Waals surface area contributed by atoms with Gasteiger partial charge in [-0.1, -0.05) is 44.2 Å². The van der Waals surface area contributed by atoms with Gasteiger partial charge in [-0.3, -0.25) is 9.69 Å². The number of aromatic amines is 1.